The van der Waals surface area contributed by atoms with Gasteiger partial charge in [-0.25, -0.2) is 9.97 Å². The Morgan fingerprint density at radius 3 is 2.76 bits per heavy atom. The fourth-order valence-corrected chi connectivity index (χ4v) is 3.01. The zero-order valence-corrected chi connectivity index (χ0v) is 15.4. The number of rotatable bonds is 5. The van der Waals surface area contributed by atoms with Crippen molar-refractivity contribution in [2.75, 3.05) is 38.2 Å². The predicted octanol–water partition coefficient (Wildman–Crippen LogP) is 1.90. The second kappa shape index (κ2) is 7.88. The van der Waals surface area contributed by atoms with Gasteiger partial charge in [-0.1, -0.05) is 5.16 Å². The average molecular weight is 346 g/mol. The second-order valence-electron chi connectivity index (χ2n) is 6.46. The van der Waals surface area contributed by atoms with Crippen molar-refractivity contribution in [2.24, 2.45) is 0 Å². The van der Waals surface area contributed by atoms with Gasteiger partial charge in [0.05, 0.1) is 6.54 Å². The van der Waals surface area contributed by atoms with Crippen LogP contribution in [0.1, 0.15) is 42.7 Å². The van der Waals surface area contributed by atoms with E-state index >= 15 is 0 Å². The van der Waals surface area contributed by atoms with E-state index in [1.165, 1.54) is 0 Å². The van der Waals surface area contributed by atoms with Crippen molar-refractivity contribution in [3.63, 3.8) is 0 Å². The molecule has 0 aromatic carbocycles. The van der Waals surface area contributed by atoms with Gasteiger partial charge in [-0.2, -0.15) is 4.98 Å². The largest absolute Gasteiger partial charge is 0.374 e. The zero-order valence-electron chi connectivity index (χ0n) is 15.4. The molecular weight excluding hydrogens is 320 g/mol. The lowest BCUT2D eigenvalue weighted by Crippen LogP contribution is -2.31. The minimum absolute atomic E-state index is 0.152. The third kappa shape index (κ3) is 4.52. The molecule has 1 aliphatic heterocycles. The number of hydrogen-bond donors (Lipinski definition) is 0. The smallest absolute Gasteiger partial charge is 0.240 e. The first-order valence-corrected chi connectivity index (χ1v) is 8.70. The lowest BCUT2D eigenvalue weighted by molar-refractivity contribution is 0.109. The highest BCUT2D eigenvalue weighted by Crippen LogP contribution is 2.17. The number of aryl methyl sites for hydroxylation is 2. The van der Waals surface area contributed by atoms with Gasteiger partial charge in [0.1, 0.15) is 17.7 Å². The molecule has 1 saturated heterocycles. The van der Waals surface area contributed by atoms with Crippen molar-refractivity contribution in [1.29, 1.82) is 0 Å². The number of nitrogens with zero attached hydrogens (tertiary/aromatic N) is 6. The molecule has 0 spiro atoms. The van der Waals surface area contributed by atoms with Crippen LogP contribution in [0.3, 0.4) is 0 Å². The monoisotopic (exact) mass is 346 g/mol. The van der Waals surface area contributed by atoms with Gasteiger partial charge in [0, 0.05) is 45.0 Å². The van der Waals surface area contributed by atoms with Gasteiger partial charge >= 0.3 is 0 Å². The summed E-state index contributed by atoms with van der Waals surface area (Å²) in [5.74, 6) is 3.07. The molecule has 1 atom stereocenters. The van der Waals surface area contributed by atoms with Gasteiger partial charge in [-0.05, 0) is 27.2 Å². The van der Waals surface area contributed by atoms with Gasteiger partial charge in [0.25, 0.3) is 0 Å². The van der Waals surface area contributed by atoms with Gasteiger partial charge in [0.15, 0.2) is 5.82 Å². The van der Waals surface area contributed by atoms with E-state index in [-0.39, 0.29) is 6.10 Å². The van der Waals surface area contributed by atoms with Crippen LogP contribution < -0.4 is 4.90 Å². The molecule has 0 aliphatic carbocycles. The van der Waals surface area contributed by atoms with Gasteiger partial charge < -0.3 is 14.2 Å². The highest BCUT2D eigenvalue weighted by atomic mass is 16.5. The molecule has 136 valence electrons. The Kier molecular flexibility index (Phi) is 5.60. The Bertz CT molecular complexity index is 684. The number of ether oxygens (including phenoxy) is 1. The highest BCUT2D eigenvalue weighted by Gasteiger charge is 2.20. The minimum Gasteiger partial charge on any atom is -0.374 e. The van der Waals surface area contributed by atoms with Crippen LogP contribution in [0.25, 0.3) is 0 Å². The maximum Gasteiger partial charge on any atom is 0.240 e. The molecule has 0 bridgehead atoms. The summed E-state index contributed by atoms with van der Waals surface area (Å²) in [6, 6.07) is 2.05. The Morgan fingerprint density at radius 1 is 1.16 bits per heavy atom. The van der Waals surface area contributed by atoms with E-state index in [0.717, 1.165) is 49.9 Å². The molecule has 1 fully saturated rings. The van der Waals surface area contributed by atoms with E-state index in [1.807, 2.05) is 20.8 Å². The number of aromatic nitrogens is 4. The minimum atomic E-state index is -0.152. The number of anilines is 1. The standard InChI is InChI=1S/C17H26N6O2/c1-12-10-15(19-14(3)18-12)23-7-5-6-22(8-9-23)11-16-20-17(21-25-16)13(2)24-4/h10,13H,5-9,11H2,1-4H3. The molecule has 0 radical (unpaired) electrons. The molecule has 8 nitrogen and oxygen atoms in total. The van der Waals surface area contributed by atoms with Crippen molar-refractivity contribution in [3.8, 4) is 0 Å². The van der Waals surface area contributed by atoms with E-state index in [1.54, 1.807) is 7.11 Å². The van der Waals surface area contributed by atoms with Crippen molar-refractivity contribution in [2.45, 2.75) is 39.8 Å². The molecule has 25 heavy (non-hydrogen) atoms. The molecule has 0 amide bonds. The van der Waals surface area contributed by atoms with Crippen LogP contribution in [0.5, 0.6) is 0 Å². The first kappa shape index (κ1) is 17.8. The van der Waals surface area contributed by atoms with Crippen molar-refractivity contribution < 1.29 is 9.26 Å². The fraction of sp³-hybridized carbons (Fsp3) is 0.647. The van der Waals surface area contributed by atoms with Gasteiger partial charge in [-0.3, -0.25) is 4.90 Å². The van der Waals surface area contributed by atoms with Crippen LogP contribution in [0, 0.1) is 13.8 Å². The Morgan fingerprint density at radius 2 is 2.00 bits per heavy atom. The van der Waals surface area contributed by atoms with E-state index < -0.39 is 0 Å². The van der Waals surface area contributed by atoms with Crippen LogP contribution in [-0.2, 0) is 11.3 Å². The molecular formula is C17H26N6O2. The fourth-order valence-electron chi connectivity index (χ4n) is 3.01. The summed E-state index contributed by atoms with van der Waals surface area (Å²) in [5, 5.41) is 3.99. The number of methoxy groups -OCH3 is 1. The molecule has 8 heteroatoms. The van der Waals surface area contributed by atoms with E-state index in [0.29, 0.717) is 18.3 Å². The predicted molar refractivity (Wildman–Crippen MR) is 93.3 cm³/mol. The second-order valence-corrected chi connectivity index (χ2v) is 6.46. The Hall–Kier alpha value is -2.06. The van der Waals surface area contributed by atoms with Crippen LogP contribution in [0.15, 0.2) is 10.6 Å². The Labute approximate surface area is 148 Å². The van der Waals surface area contributed by atoms with Crippen LogP contribution in [0.4, 0.5) is 5.82 Å². The maximum atomic E-state index is 5.36. The van der Waals surface area contributed by atoms with Crippen LogP contribution in [-0.4, -0.2) is 58.3 Å². The average Bonchev–Trinajstić information content (AvgIpc) is 2.91. The zero-order chi connectivity index (χ0) is 17.8. The van der Waals surface area contributed by atoms with Gasteiger partial charge in [-0.15, -0.1) is 0 Å². The van der Waals surface area contributed by atoms with Crippen molar-refractivity contribution in [3.05, 3.63) is 29.3 Å². The molecule has 1 unspecified atom stereocenters. The topological polar surface area (TPSA) is 80.4 Å². The summed E-state index contributed by atoms with van der Waals surface area (Å²) in [6.07, 6.45) is 0.916. The lowest BCUT2D eigenvalue weighted by atomic mass is 10.3. The first-order valence-electron chi connectivity index (χ1n) is 8.70. The SMILES string of the molecule is COC(C)c1noc(CN2CCCN(c3cc(C)nc(C)n3)CC2)n1. The first-order chi connectivity index (χ1) is 12.0. The summed E-state index contributed by atoms with van der Waals surface area (Å²) in [7, 11) is 1.64. The van der Waals surface area contributed by atoms with Gasteiger partial charge in [0.2, 0.25) is 5.89 Å². The maximum absolute atomic E-state index is 5.36. The van der Waals surface area contributed by atoms with E-state index in [2.05, 4.69) is 36.0 Å². The summed E-state index contributed by atoms with van der Waals surface area (Å²) in [4.78, 5) is 18.0. The third-order valence-electron chi connectivity index (χ3n) is 4.42. The summed E-state index contributed by atoms with van der Waals surface area (Å²) in [5.41, 5.74) is 1.01. The molecule has 3 rings (SSSR count). The molecule has 0 N–H and O–H groups in total. The highest BCUT2D eigenvalue weighted by molar-refractivity contribution is 5.39. The van der Waals surface area contributed by atoms with Crippen molar-refractivity contribution in [1.82, 2.24) is 25.0 Å². The number of hydrogen-bond acceptors (Lipinski definition) is 8. The van der Waals surface area contributed by atoms with Crippen molar-refractivity contribution >= 4 is 5.82 Å². The van der Waals surface area contributed by atoms with E-state index in [9.17, 15) is 0 Å². The lowest BCUT2D eigenvalue weighted by Gasteiger charge is -2.22. The van der Waals surface area contributed by atoms with E-state index in [4.69, 9.17) is 9.26 Å². The summed E-state index contributed by atoms with van der Waals surface area (Å²) in [6.45, 7) is 10.4. The third-order valence-corrected chi connectivity index (χ3v) is 4.42. The van der Waals surface area contributed by atoms with Crippen LogP contribution in [0.2, 0.25) is 0 Å². The molecule has 1 aliphatic rings. The molecule has 2 aromatic rings. The molecule has 2 aromatic heterocycles. The van der Waals surface area contributed by atoms with Crippen LogP contribution >= 0.6 is 0 Å². The Balaban J connectivity index is 1.60. The molecule has 0 saturated carbocycles. The molecule has 3 heterocycles. The summed E-state index contributed by atoms with van der Waals surface area (Å²) < 4.78 is 10.6. The normalized spacial score (nSPS) is 17.5. The summed E-state index contributed by atoms with van der Waals surface area (Å²) >= 11 is 0. The quantitative estimate of drug-likeness (QED) is 0.812.